The average molecular weight is 940 g/mol. The largest absolute Gasteiger partial charge is 0.449 e. The van der Waals surface area contributed by atoms with Gasteiger partial charge >= 0.3 is 0 Å². The predicted molar refractivity (Wildman–Crippen MR) is 234 cm³/mol. The lowest BCUT2D eigenvalue weighted by atomic mass is 10.2. The van der Waals surface area contributed by atoms with E-state index in [2.05, 4.69) is 40.5 Å². The van der Waals surface area contributed by atoms with Crippen molar-refractivity contribution in [2.24, 2.45) is 0 Å². The van der Waals surface area contributed by atoms with E-state index in [1.807, 2.05) is 0 Å². The second-order valence-corrected chi connectivity index (χ2v) is 21.5. The molecule has 0 spiro atoms. The van der Waals surface area contributed by atoms with E-state index < -0.39 is 29.5 Å². The Labute approximate surface area is 370 Å². The van der Waals surface area contributed by atoms with Gasteiger partial charge in [0.1, 0.15) is 9.86 Å². The number of imidazole rings is 1. The van der Waals surface area contributed by atoms with Crippen LogP contribution in [0.4, 0.5) is 5.13 Å². The van der Waals surface area contributed by atoms with E-state index in [0.29, 0.717) is 22.5 Å². The lowest BCUT2D eigenvalue weighted by Crippen LogP contribution is -2.23. The summed E-state index contributed by atoms with van der Waals surface area (Å²) in [6, 6.07) is 17.9. The number of furan rings is 1. The van der Waals surface area contributed by atoms with Gasteiger partial charge < -0.3 is 24.4 Å². The van der Waals surface area contributed by atoms with Gasteiger partial charge in [0, 0.05) is 61.9 Å². The lowest BCUT2D eigenvalue weighted by molar-refractivity contribution is 0.0922. The first kappa shape index (κ1) is 43.8. The Morgan fingerprint density at radius 3 is 2.06 bits per heavy atom. The summed E-state index contributed by atoms with van der Waals surface area (Å²) in [6.45, 7) is 2.04. The molecule has 64 heavy (non-hydrogen) atoms. The maximum absolute atomic E-state index is 12.9. The van der Waals surface area contributed by atoms with E-state index in [1.165, 1.54) is 66.3 Å². The van der Waals surface area contributed by atoms with Gasteiger partial charge in [-0.25, -0.2) is 35.2 Å². The molecule has 1 aromatic carbocycles. The number of carbonyl (C=O) groups is 2. The molecule has 328 valence electrons. The van der Waals surface area contributed by atoms with Gasteiger partial charge in [-0.05, 0) is 79.6 Å². The molecule has 0 radical (unpaired) electrons. The van der Waals surface area contributed by atoms with E-state index in [4.69, 9.17) is 4.42 Å². The Balaban J connectivity index is 0.000000175. The van der Waals surface area contributed by atoms with Crippen molar-refractivity contribution in [1.82, 2.24) is 40.0 Å². The van der Waals surface area contributed by atoms with Gasteiger partial charge in [0.25, 0.3) is 11.8 Å². The molecule has 0 bridgehead atoms. The highest BCUT2D eigenvalue weighted by Gasteiger charge is 2.25. The van der Waals surface area contributed by atoms with Gasteiger partial charge in [-0.2, -0.15) is 0 Å². The van der Waals surface area contributed by atoms with Crippen LogP contribution in [0.5, 0.6) is 0 Å². The molecule has 1 fully saturated rings. The quantitative estimate of drug-likeness (QED) is 0.165. The summed E-state index contributed by atoms with van der Waals surface area (Å²) in [6.07, 6.45) is 15.3. The number of amides is 2. The highest BCUT2D eigenvalue weighted by molar-refractivity contribution is 7.93. The van der Waals surface area contributed by atoms with Crippen molar-refractivity contribution in [3.63, 3.8) is 0 Å². The van der Waals surface area contributed by atoms with Crippen LogP contribution in [0.25, 0.3) is 16.6 Å². The van der Waals surface area contributed by atoms with Gasteiger partial charge in [-0.3, -0.25) is 24.5 Å². The first-order valence-electron chi connectivity index (χ1n) is 19.4. The minimum atomic E-state index is -3.95. The van der Waals surface area contributed by atoms with E-state index in [9.17, 15) is 34.8 Å². The Morgan fingerprint density at radius 1 is 0.703 bits per heavy atom. The second kappa shape index (κ2) is 18.1. The zero-order chi connectivity index (χ0) is 45.1. The van der Waals surface area contributed by atoms with Crippen molar-refractivity contribution in [2.75, 3.05) is 24.2 Å². The molecule has 7 aromatic heterocycles. The SMILES string of the molecule is CS(=O)(=O)c1cccc(S(=O)(=O)c2ccc(CNC(=O)c3ccc4nccn4c3)nc2)c1.O=C(NCc1ccc(S(=O)(=O)c2cnc(N3CCCC3)s2)cn1)c1cc2ccncc2o1. The molecule has 1 aliphatic rings. The number of anilines is 1. The Kier molecular flexibility index (Phi) is 12.4. The molecule has 0 saturated carbocycles. The number of aromatic nitrogens is 6. The van der Waals surface area contributed by atoms with Crippen LogP contribution in [0.15, 0.2) is 151 Å². The number of sulfone groups is 3. The van der Waals surface area contributed by atoms with Crippen molar-refractivity contribution in [2.45, 2.75) is 49.7 Å². The minimum Gasteiger partial charge on any atom is -0.449 e. The van der Waals surface area contributed by atoms with Gasteiger partial charge in [-0.15, -0.1) is 0 Å². The summed E-state index contributed by atoms with van der Waals surface area (Å²) in [5.41, 5.74) is 2.69. The number of rotatable bonds is 12. The molecule has 0 unspecified atom stereocenters. The molecule has 9 rings (SSSR count). The van der Waals surface area contributed by atoms with Crippen molar-refractivity contribution < 1.29 is 39.3 Å². The van der Waals surface area contributed by atoms with Crippen molar-refractivity contribution in [3.8, 4) is 0 Å². The first-order valence-corrected chi connectivity index (χ1v) is 25.1. The maximum Gasteiger partial charge on any atom is 0.287 e. The number of nitrogens with zero attached hydrogens (tertiary/aromatic N) is 7. The normalized spacial score (nSPS) is 13.1. The molecule has 18 nitrogen and oxygen atoms in total. The van der Waals surface area contributed by atoms with Gasteiger partial charge in [-0.1, -0.05) is 17.4 Å². The van der Waals surface area contributed by atoms with Gasteiger partial charge in [0.05, 0.1) is 62.0 Å². The van der Waals surface area contributed by atoms with Crippen LogP contribution in [0.2, 0.25) is 0 Å². The first-order chi connectivity index (χ1) is 30.6. The van der Waals surface area contributed by atoms with Gasteiger partial charge in [0.15, 0.2) is 26.3 Å². The fourth-order valence-corrected chi connectivity index (χ4v) is 11.0. The Morgan fingerprint density at radius 2 is 1.39 bits per heavy atom. The fraction of sp³-hybridized carbons (Fsp3) is 0.167. The molecule has 1 saturated heterocycles. The smallest absolute Gasteiger partial charge is 0.287 e. The third-order valence-electron chi connectivity index (χ3n) is 9.93. The molecule has 1 aliphatic heterocycles. The number of fused-ring (bicyclic) bond motifs is 2. The minimum absolute atomic E-state index is 0.0798. The highest BCUT2D eigenvalue weighted by Crippen LogP contribution is 2.32. The van der Waals surface area contributed by atoms with Crippen molar-refractivity contribution in [3.05, 3.63) is 145 Å². The van der Waals surface area contributed by atoms with E-state index in [-0.39, 0.29) is 54.5 Å². The summed E-state index contributed by atoms with van der Waals surface area (Å²) in [5.74, 6) is -0.526. The second-order valence-electron chi connectivity index (χ2n) is 14.4. The Hall–Kier alpha value is -6.88. The number of hydrogen-bond acceptors (Lipinski definition) is 16. The van der Waals surface area contributed by atoms with Crippen LogP contribution in [-0.2, 0) is 42.6 Å². The van der Waals surface area contributed by atoms with E-state index >= 15 is 0 Å². The summed E-state index contributed by atoms with van der Waals surface area (Å²) in [5, 5.41) is 6.97. The van der Waals surface area contributed by atoms with Crippen LogP contribution in [0.1, 0.15) is 45.1 Å². The standard InChI is InChI=1S/C21H19N5O4S2.C21H18N4O5S2/c27-20(17-9-14-5-6-22-12-18(14)30-17)24-10-15-3-4-16(11-23-15)32(28,29)19-13-25-21(31-19)26-7-1-2-8-26;1-31(27,28)17-3-2-4-18(11-17)32(29,30)19-7-6-16(23-13-19)12-24-21(26)15-5-8-20-22-9-10-25(20)14-15/h3-6,9,11-13H,1-2,7-8,10H2,(H,24,27);2-11,13-14H,12H2,1H3,(H,24,26). The topological polar surface area (TPSA) is 246 Å². The van der Waals surface area contributed by atoms with Crippen LogP contribution >= 0.6 is 11.3 Å². The number of thiazole rings is 1. The van der Waals surface area contributed by atoms with Crippen LogP contribution in [0.3, 0.4) is 0 Å². The number of hydrogen-bond donors (Lipinski definition) is 2. The Bertz CT molecular complexity index is 3310. The lowest BCUT2D eigenvalue weighted by Gasteiger charge is -2.12. The van der Waals surface area contributed by atoms with Crippen LogP contribution in [0, 0.1) is 0 Å². The van der Waals surface area contributed by atoms with Crippen LogP contribution in [-0.4, -0.2) is 85.7 Å². The third-order valence-corrected chi connectivity index (χ3v) is 16.0. The molecule has 2 N–H and O–H groups in total. The highest BCUT2D eigenvalue weighted by atomic mass is 32.2. The molecular formula is C42H37N9O9S4. The van der Waals surface area contributed by atoms with E-state index in [0.717, 1.165) is 54.4 Å². The molecule has 8 heterocycles. The molecule has 22 heteroatoms. The average Bonchev–Trinajstić information content (AvgIpc) is 4.15. The molecule has 0 aliphatic carbocycles. The summed E-state index contributed by atoms with van der Waals surface area (Å²) in [7, 11) is -11.2. The summed E-state index contributed by atoms with van der Waals surface area (Å²) < 4.78 is 82.4. The number of carbonyl (C=O) groups excluding carboxylic acids is 2. The number of nitrogens with one attached hydrogen (secondary N) is 2. The van der Waals surface area contributed by atoms with Crippen molar-refractivity contribution in [1.29, 1.82) is 0 Å². The monoisotopic (exact) mass is 939 g/mol. The summed E-state index contributed by atoms with van der Waals surface area (Å²) >= 11 is 1.18. The predicted octanol–water partition coefficient (Wildman–Crippen LogP) is 4.94. The maximum atomic E-state index is 12.9. The zero-order valence-electron chi connectivity index (χ0n) is 33.7. The zero-order valence-corrected chi connectivity index (χ0v) is 37.0. The molecule has 0 atom stereocenters. The molecule has 2 amide bonds. The van der Waals surface area contributed by atoms with Crippen molar-refractivity contribution >= 4 is 74.4 Å². The van der Waals surface area contributed by atoms with Gasteiger partial charge in [0.2, 0.25) is 19.7 Å². The third kappa shape index (κ3) is 9.68. The number of pyridine rings is 4. The van der Waals surface area contributed by atoms with E-state index in [1.54, 1.807) is 65.7 Å². The van der Waals surface area contributed by atoms with Crippen LogP contribution < -0.4 is 15.5 Å². The number of benzene rings is 1. The summed E-state index contributed by atoms with van der Waals surface area (Å²) in [4.78, 5) is 47.3. The molecule has 8 aromatic rings. The molecular weight excluding hydrogens is 903 g/mol. The fourth-order valence-electron chi connectivity index (χ4n) is 6.48.